The zero-order valence-electron chi connectivity index (χ0n) is 13.1. The third-order valence-electron chi connectivity index (χ3n) is 3.40. The number of hydrogen-bond donors (Lipinski definition) is 1. The van der Waals surface area contributed by atoms with E-state index in [2.05, 4.69) is 31.2 Å². The molecule has 1 heteroatoms. The fourth-order valence-electron chi connectivity index (χ4n) is 2.13. The molecule has 0 aliphatic rings. The Labute approximate surface area is 121 Å². The van der Waals surface area contributed by atoms with Crippen molar-refractivity contribution in [2.24, 2.45) is 5.73 Å². The summed E-state index contributed by atoms with van der Waals surface area (Å²) in [7, 11) is 0. The van der Waals surface area contributed by atoms with E-state index in [4.69, 9.17) is 5.73 Å². The molecule has 0 aromatic heterocycles. The van der Waals surface area contributed by atoms with E-state index >= 15 is 0 Å². The monoisotopic (exact) mass is 265 g/mol. The molecule has 2 N–H and O–H groups in total. The molecule has 19 heavy (non-hydrogen) atoms. The lowest BCUT2D eigenvalue weighted by Crippen LogP contribution is -1.97. The highest BCUT2D eigenvalue weighted by molar-refractivity contribution is 4.92. The lowest BCUT2D eigenvalue weighted by Gasteiger charge is -1.97. The zero-order chi connectivity index (χ0) is 14.0. The first kappa shape index (κ1) is 18.4. The maximum atomic E-state index is 5.46. The van der Waals surface area contributed by atoms with Gasteiger partial charge in [-0.3, -0.25) is 0 Å². The Morgan fingerprint density at radius 2 is 1.16 bits per heavy atom. The molecule has 0 spiro atoms. The number of allylic oxidation sites excluding steroid dienone is 4. The van der Waals surface area contributed by atoms with Crippen LogP contribution in [0.2, 0.25) is 0 Å². The van der Waals surface area contributed by atoms with Crippen molar-refractivity contribution in [1.29, 1.82) is 0 Å². The minimum Gasteiger partial charge on any atom is -0.330 e. The summed E-state index contributed by atoms with van der Waals surface area (Å²) in [5.74, 6) is 0. The predicted molar refractivity (Wildman–Crippen MR) is 88.4 cm³/mol. The van der Waals surface area contributed by atoms with E-state index in [0.717, 1.165) is 13.0 Å². The topological polar surface area (TPSA) is 26.0 Å². The lowest BCUT2D eigenvalue weighted by molar-refractivity contribution is 0.611. The summed E-state index contributed by atoms with van der Waals surface area (Å²) in [5, 5.41) is 0. The second-order valence-corrected chi connectivity index (χ2v) is 5.37. The fraction of sp³-hybridized carbons (Fsp3) is 0.778. The van der Waals surface area contributed by atoms with Crippen LogP contribution in [0.4, 0.5) is 0 Å². The first-order chi connectivity index (χ1) is 9.41. The summed E-state index contributed by atoms with van der Waals surface area (Å²) in [6.45, 7) is 3.11. The van der Waals surface area contributed by atoms with E-state index in [1.807, 2.05) is 0 Å². The molecule has 1 nitrogen and oxygen atoms in total. The molecule has 0 aromatic carbocycles. The SMILES string of the molecule is CCCCCCCCC=CCC=CCCCCCN. The molecular weight excluding hydrogens is 230 g/mol. The lowest BCUT2D eigenvalue weighted by atomic mass is 10.1. The highest BCUT2D eigenvalue weighted by Gasteiger charge is 1.87. The third-order valence-corrected chi connectivity index (χ3v) is 3.40. The number of nitrogens with two attached hydrogens (primary N) is 1. The van der Waals surface area contributed by atoms with Gasteiger partial charge in [-0.25, -0.2) is 0 Å². The number of hydrogen-bond acceptors (Lipinski definition) is 1. The molecule has 0 fully saturated rings. The van der Waals surface area contributed by atoms with Gasteiger partial charge in [0, 0.05) is 0 Å². The van der Waals surface area contributed by atoms with Gasteiger partial charge in [0.05, 0.1) is 0 Å². The van der Waals surface area contributed by atoms with Gasteiger partial charge in [0.15, 0.2) is 0 Å². The summed E-state index contributed by atoms with van der Waals surface area (Å²) in [5.41, 5.74) is 5.46. The van der Waals surface area contributed by atoms with Crippen molar-refractivity contribution >= 4 is 0 Å². The van der Waals surface area contributed by atoms with Crippen LogP contribution in [0.1, 0.15) is 84.0 Å². The Balaban J connectivity index is 3.14. The second kappa shape index (κ2) is 17.4. The molecule has 0 aromatic rings. The van der Waals surface area contributed by atoms with Crippen molar-refractivity contribution < 1.29 is 0 Å². The van der Waals surface area contributed by atoms with E-state index < -0.39 is 0 Å². The highest BCUT2D eigenvalue weighted by atomic mass is 14.5. The van der Waals surface area contributed by atoms with Crippen molar-refractivity contribution in [2.75, 3.05) is 6.54 Å². The van der Waals surface area contributed by atoms with Crippen LogP contribution in [0.25, 0.3) is 0 Å². The van der Waals surface area contributed by atoms with Gasteiger partial charge < -0.3 is 5.73 Å². The average molecular weight is 265 g/mol. The van der Waals surface area contributed by atoms with Crippen LogP contribution < -0.4 is 5.73 Å². The molecule has 0 unspecified atom stereocenters. The molecule has 112 valence electrons. The van der Waals surface area contributed by atoms with Gasteiger partial charge in [-0.1, -0.05) is 69.8 Å². The van der Waals surface area contributed by atoms with Crippen LogP contribution in [0.3, 0.4) is 0 Å². The minimum atomic E-state index is 0.838. The van der Waals surface area contributed by atoms with Gasteiger partial charge in [-0.15, -0.1) is 0 Å². The van der Waals surface area contributed by atoms with E-state index in [1.165, 1.54) is 70.6 Å². The van der Waals surface area contributed by atoms with Crippen molar-refractivity contribution in [2.45, 2.75) is 84.0 Å². The molecule has 0 amide bonds. The van der Waals surface area contributed by atoms with Crippen LogP contribution in [0.15, 0.2) is 24.3 Å². The van der Waals surface area contributed by atoms with Crippen LogP contribution in [0.5, 0.6) is 0 Å². The normalized spacial score (nSPS) is 11.9. The van der Waals surface area contributed by atoms with Gasteiger partial charge in [0.2, 0.25) is 0 Å². The zero-order valence-corrected chi connectivity index (χ0v) is 13.1. The van der Waals surface area contributed by atoms with Gasteiger partial charge in [0.1, 0.15) is 0 Å². The van der Waals surface area contributed by atoms with E-state index in [9.17, 15) is 0 Å². The Kier molecular flexibility index (Phi) is 16.9. The second-order valence-electron chi connectivity index (χ2n) is 5.37. The van der Waals surface area contributed by atoms with Crippen LogP contribution in [-0.2, 0) is 0 Å². The van der Waals surface area contributed by atoms with Gasteiger partial charge in [-0.2, -0.15) is 0 Å². The molecule has 0 saturated carbocycles. The fourth-order valence-corrected chi connectivity index (χ4v) is 2.13. The van der Waals surface area contributed by atoms with E-state index in [-0.39, 0.29) is 0 Å². The molecular formula is C18H35N. The molecule has 0 saturated heterocycles. The highest BCUT2D eigenvalue weighted by Crippen LogP contribution is 2.07. The summed E-state index contributed by atoms with van der Waals surface area (Å²) in [4.78, 5) is 0. The quantitative estimate of drug-likeness (QED) is 0.314. The molecule has 0 atom stereocenters. The summed E-state index contributed by atoms with van der Waals surface area (Å²) < 4.78 is 0. The number of unbranched alkanes of at least 4 members (excludes halogenated alkanes) is 9. The molecule has 0 aliphatic heterocycles. The minimum absolute atomic E-state index is 0.838. The van der Waals surface area contributed by atoms with Crippen molar-refractivity contribution in [3.05, 3.63) is 24.3 Å². The third kappa shape index (κ3) is 17.4. The first-order valence-electron chi connectivity index (χ1n) is 8.42. The Morgan fingerprint density at radius 3 is 1.74 bits per heavy atom. The molecule has 0 aliphatic carbocycles. The smallest absolute Gasteiger partial charge is 0.00773 e. The maximum Gasteiger partial charge on any atom is -0.00773 e. The Bertz CT molecular complexity index is 206. The van der Waals surface area contributed by atoms with Crippen LogP contribution in [-0.4, -0.2) is 6.54 Å². The molecule has 0 heterocycles. The maximum absolute atomic E-state index is 5.46. The van der Waals surface area contributed by atoms with Crippen molar-refractivity contribution in [3.8, 4) is 0 Å². The van der Waals surface area contributed by atoms with Crippen LogP contribution in [0, 0.1) is 0 Å². The summed E-state index contributed by atoms with van der Waals surface area (Å²) in [6, 6.07) is 0. The first-order valence-corrected chi connectivity index (χ1v) is 8.42. The predicted octanol–water partition coefficient (Wildman–Crippen LogP) is 5.76. The van der Waals surface area contributed by atoms with E-state index in [1.54, 1.807) is 0 Å². The Hall–Kier alpha value is -0.560. The van der Waals surface area contributed by atoms with Crippen molar-refractivity contribution in [1.82, 2.24) is 0 Å². The summed E-state index contributed by atoms with van der Waals surface area (Å²) in [6.07, 6.45) is 24.9. The Morgan fingerprint density at radius 1 is 0.632 bits per heavy atom. The molecule has 0 bridgehead atoms. The molecule has 0 rings (SSSR count). The van der Waals surface area contributed by atoms with Crippen molar-refractivity contribution in [3.63, 3.8) is 0 Å². The van der Waals surface area contributed by atoms with Gasteiger partial charge >= 0.3 is 0 Å². The number of rotatable bonds is 14. The largest absolute Gasteiger partial charge is 0.330 e. The van der Waals surface area contributed by atoms with Crippen LogP contribution >= 0.6 is 0 Å². The standard InChI is InChI=1S/C18H35N/c1-2-3-4-5-6-7-8-9-10-11-12-13-14-15-16-17-18-19/h9-10,12-13H,2-8,11,14-19H2,1H3. The van der Waals surface area contributed by atoms with E-state index in [0.29, 0.717) is 0 Å². The van der Waals surface area contributed by atoms with Gasteiger partial charge in [0.25, 0.3) is 0 Å². The molecule has 0 radical (unpaired) electrons. The summed E-state index contributed by atoms with van der Waals surface area (Å²) >= 11 is 0. The average Bonchev–Trinajstić information content (AvgIpc) is 2.43. The van der Waals surface area contributed by atoms with Gasteiger partial charge in [-0.05, 0) is 45.1 Å².